The highest BCUT2D eigenvalue weighted by Gasteiger charge is 2.39. The van der Waals surface area contributed by atoms with E-state index in [1.807, 2.05) is 32.3 Å². The summed E-state index contributed by atoms with van der Waals surface area (Å²) in [5.41, 5.74) is 3.34. The van der Waals surface area contributed by atoms with Gasteiger partial charge in [0.25, 0.3) is 0 Å². The fourth-order valence-electron chi connectivity index (χ4n) is 5.94. The van der Waals surface area contributed by atoms with Crippen molar-refractivity contribution in [2.24, 2.45) is 5.92 Å². The van der Waals surface area contributed by atoms with E-state index in [0.717, 1.165) is 55.1 Å². The molecule has 2 aromatic carbocycles. The van der Waals surface area contributed by atoms with E-state index in [2.05, 4.69) is 26.2 Å². The second kappa shape index (κ2) is 10.1. The predicted molar refractivity (Wildman–Crippen MR) is 139 cm³/mol. The molecule has 4 heterocycles. The molecule has 1 aromatic heterocycles. The van der Waals surface area contributed by atoms with Gasteiger partial charge in [-0.15, -0.1) is 0 Å². The molecule has 3 aliphatic rings. The molecule has 38 heavy (non-hydrogen) atoms. The number of benzene rings is 2. The predicted octanol–water partition coefficient (Wildman–Crippen LogP) is 4.12. The monoisotopic (exact) mass is 520 g/mol. The third-order valence-corrected chi connectivity index (χ3v) is 7.95. The van der Waals surface area contributed by atoms with Crippen molar-refractivity contribution in [2.75, 3.05) is 40.4 Å². The Morgan fingerprint density at radius 2 is 2.08 bits per heavy atom. The first-order chi connectivity index (χ1) is 18.4. The Labute approximate surface area is 220 Å². The van der Waals surface area contributed by atoms with E-state index in [4.69, 9.17) is 14.5 Å². The lowest BCUT2D eigenvalue weighted by Gasteiger charge is -2.34. The lowest BCUT2D eigenvalue weighted by molar-refractivity contribution is -0.0575. The normalized spacial score (nSPS) is 23.5. The van der Waals surface area contributed by atoms with Crippen molar-refractivity contribution < 1.29 is 23.0 Å². The number of imidazole rings is 1. The molecule has 0 bridgehead atoms. The molecule has 2 fully saturated rings. The number of likely N-dealkylation sites (tertiary alicyclic amines) is 1. The Morgan fingerprint density at radius 3 is 2.79 bits per heavy atom. The summed E-state index contributed by atoms with van der Waals surface area (Å²) in [6, 6.07) is 10.7. The topological polar surface area (TPSA) is 59.8 Å². The fourth-order valence-corrected chi connectivity index (χ4v) is 5.94. The van der Waals surface area contributed by atoms with Crippen LogP contribution < -0.4 is 4.74 Å². The minimum absolute atomic E-state index is 0.0143. The zero-order valence-electron chi connectivity index (χ0n) is 21.4. The van der Waals surface area contributed by atoms with Crippen LogP contribution >= 0.6 is 0 Å². The number of ether oxygens (including phenoxy) is 2. The first kappa shape index (κ1) is 25.0. The van der Waals surface area contributed by atoms with Crippen molar-refractivity contribution in [3.8, 4) is 17.6 Å². The smallest absolute Gasteiger partial charge is 0.387 e. The second-order valence-corrected chi connectivity index (χ2v) is 10.5. The molecule has 3 atom stereocenters. The maximum Gasteiger partial charge on any atom is 0.387 e. The molecule has 0 saturated carbocycles. The van der Waals surface area contributed by atoms with Crippen LogP contribution in [0.3, 0.4) is 0 Å². The summed E-state index contributed by atoms with van der Waals surface area (Å²) in [4.78, 5) is 21.4. The van der Waals surface area contributed by atoms with E-state index in [-0.39, 0.29) is 11.8 Å². The van der Waals surface area contributed by atoms with Gasteiger partial charge in [-0.3, -0.25) is 14.6 Å². The molecule has 6 rings (SSSR count). The van der Waals surface area contributed by atoms with Crippen LogP contribution in [0.4, 0.5) is 8.78 Å². The molecule has 9 heteroatoms. The number of alkyl halides is 2. The van der Waals surface area contributed by atoms with E-state index in [9.17, 15) is 13.6 Å². The third kappa shape index (κ3) is 4.47. The van der Waals surface area contributed by atoms with Crippen LogP contribution in [0, 0.1) is 17.8 Å². The maximum absolute atomic E-state index is 13.3. The summed E-state index contributed by atoms with van der Waals surface area (Å²) < 4.78 is 38.9. The first-order valence-electron chi connectivity index (χ1n) is 13.0. The van der Waals surface area contributed by atoms with Crippen molar-refractivity contribution >= 4 is 17.3 Å². The zero-order chi connectivity index (χ0) is 26.4. The van der Waals surface area contributed by atoms with Gasteiger partial charge in [0, 0.05) is 29.2 Å². The molecule has 2 unspecified atom stereocenters. The summed E-state index contributed by atoms with van der Waals surface area (Å²) in [6.07, 6.45) is 2.33. The molecule has 198 valence electrons. The van der Waals surface area contributed by atoms with Crippen molar-refractivity contribution in [1.82, 2.24) is 19.4 Å². The summed E-state index contributed by atoms with van der Waals surface area (Å²) in [6.45, 7) is 0.652. The molecule has 3 aromatic rings. The van der Waals surface area contributed by atoms with Gasteiger partial charge in [-0.05, 0) is 57.7 Å². The van der Waals surface area contributed by atoms with Crippen LogP contribution in [-0.4, -0.2) is 78.7 Å². The molecule has 0 spiro atoms. The van der Waals surface area contributed by atoms with Gasteiger partial charge in [-0.25, -0.2) is 4.98 Å². The van der Waals surface area contributed by atoms with Gasteiger partial charge in [-0.1, -0.05) is 24.0 Å². The average molecular weight is 521 g/mol. The average Bonchev–Trinajstić information content (AvgIpc) is 3.55. The van der Waals surface area contributed by atoms with E-state index >= 15 is 0 Å². The summed E-state index contributed by atoms with van der Waals surface area (Å²) in [5.74, 6) is 7.99. The van der Waals surface area contributed by atoms with Gasteiger partial charge in [0.05, 0.1) is 42.4 Å². The van der Waals surface area contributed by atoms with Crippen LogP contribution in [-0.2, 0) is 4.74 Å². The fraction of sp³-hybridized carbons (Fsp3) is 0.448. The number of aromatic nitrogens is 2. The largest absolute Gasteiger partial charge is 0.434 e. The highest BCUT2D eigenvalue weighted by Crippen LogP contribution is 2.46. The molecule has 0 radical (unpaired) electrons. The Hall–Kier alpha value is -3.32. The van der Waals surface area contributed by atoms with Gasteiger partial charge >= 0.3 is 6.61 Å². The summed E-state index contributed by atoms with van der Waals surface area (Å²) >= 11 is 0. The van der Waals surface area contributed by atoms with Gasteiger partial charge < -0.3 is 14.0 Å². The first-order valence-corrected chi connectivity index (χ1v) is 13.0. The highest BCUT2D eigenvalue weighted by atomic mass is 19.3. The summed E-state index contributed by atoms with van der Waals surface area (Å²) in [5, 5.41) is 0. The van der Waals surface area contributed by atoms with Gasteiger partial charge in [0.15, 0.2) is 6.29 Å². The van der Waals surface area contributed by atoms with Crippen LogP contribution in [0.2, 0.25) is 0 Å². The lowest BCUT2D eigenvalue weighted by Crippen LogP contribution is -2.47. The van der Waals surface area contributed by atoms with E-state index in [1.165, 1.54) is 6.07 Å². The SMILES string of the molecule is CN(C)C1C[C@H](c2c(C=O)cccc2OC(F)F)n2c1nc1ccc(C#CC3CCN(C4COC4)C3)cc12. The number of carbonyl (C=O) groups is 1. The molecule has 0 aliphatic carbocycles. The standard InChI is InChI=1S/C29H30F2N4O3/c1-33(2)25-13-24(27-20(15-36)4-3-5-26(27)38-29(30)31)35-23-12-18(8-9-22(23)32-28(25)35)6-7-19-10-11-34(14-19)21-16-37-17-21/h3-5,8-9,12,15,19,21,24-25,29H,10-11,13-14,16-17H2,1-2H3/t19?,24-,25?/m1/s1. The molecule has 7 nitrogen and oxygen atoms in total. The Morgan fingerprint density at radius 1 is 1.24 bits per heavy atom. The molecular formula is C29H30F2N4O3. The molecule has 0 amide bonds. The molecule has 0 N–H and O–H groups in total. The molecule has 3 aliphatic heterocycles. The van der Waals surface area contributed by atoms with Crippen LogP contribution in [0.25, 0.3) is 11.0 Å². The van der Waals surface area contributed by atoms with Crippen LogP contribution in [0.1, 0.15) is 52.2 Å². The van der Waals surface area contributed by atoms with Gasteiger partial charge in [0.2, 0.25) is 0 Å². The number of carbonyl (C=O) groups excluding carboxylic acids is 1. The zero-order valence-corrected chi connectivity index (χ0v) is 21.4. The number of hydrogen-bond donors (Lipinski definition) is 0. The van der Waals surface area contributed by atoms with Crippen LogP contribution in [0.15, 0.2) is 36.4 Å². The number of halogens is 2. The van der Waals surface area contributed by atoms with E-state index in [0.29, 0.717) is 35.8 Å². The van der Waals surface area contributed by atoms with Crippen molar-refractivity contribution in [3.63, 3.8) is 0 Å². The lowest BCUT2D eigenvalue weighted by atomic mass is 9.96. The minimum Gasteiger partial charge on any atom is -0.434 e. The van der Waals surface area contributed by atoms with Gasteiger partial charge in [0.1, 0.15) is 11.6 Å². The number of aldehydes is 1. The van der Waals surface area contributed by atoms with Crippen molar-refractivity contribution in [3.05, 3.63) is 58.9 Å². The second-order valence-electron chi connectivity index (χ2n) is 10.5. The number of nitrogens with zero attached hydrogens (tertiary/aromatic N) is 4. The third-order valence-electron chi connectivity index (χ3n) is 7.95. The number of hydrogen-bond acceptors (Lipinski definition) is 6. The quantitative estimate of drug-likeness (QED) is 0.360. The Bertz CT molecular complexity index is 1420. The van der Waals surface area contributed by atoms with Crippen LogP contribution in [0.5, 0.6) is 5.75 Å². The number of fused-ring (bicyclic) bond motifs is 3. The van der Waals surface area contributed by atoms with Gasteiger partial charge in [-0.2, -0.15) is 8.78 Å². The van der Waals surface area contributed by atoms with Crippen molar-refractivity contribution in [2.45, 2.75) is 37.6 Å². The number of rotatable bonds is 6. The minimum atomic E-state index is -2.99. The van der Waals surface area contributed by atoms with E-state index < -0.39 is 12.7 Å². The molecular weight excluding hydrogens is 490 g/mol. The Balaban J connectivity index is 1.39. The highest BCUT2D eigenvalue weighted by molar-refractivity contribution is 5.82. The van der Waals surface area contributed by atoms with Crippen molar-refractivity contribution in [1.29, 1.82) is 0 Å². The summed E-state index contributed by atoms with van der Waals surface area (Å²) in [7, 11) is 3.94. The maximum atomic E-state index is 13.3. The van der Waals surface area contributed by atoms with E-state index in [1.54, 1.807) is 12.1 Å². The Kier molecular flexibility index (Phi) is 6.64. The molecule has 2 saturated heterocycles.